The molecule has 2 aromatic heterocycles. The normalized spacial score (nSPS) is 13.0. The third kappa shape index (κ3) is 9.38. The number of aliphatic carboxylic acids is 5. The molecular formula is C32H37N5O10. The molecule has 0 saturated carbocycles. The van der Waals surface area contributed by atoms with E-state index in [4.69, 9.17) is 0 Å². The van der Waals surface area contributed by atoms with Crippen LogP contribution in [0.1, 0.15) is 11.1 Å². The number of benzene rings is 2. The van der Waals surface area contributed by atoms with E-state index in [0.717, 1.165) is 21.8 Å². The topological polar surface area (TPSA) is 228 Å². The first-order valence-corrected chi connectivity index (χ1v) is 14.8. The average Bonchev–Trinajstić information content (AvgIpc) is 3.61. The summed E-state index contributed by atoms with van der Waals surface area (Å²) < 4.78 is 0. The Morgan fingerprint density at radius 3 is 1.30 bits per heavy atom. The van der Waals surface area contributed by atoms with E-state index in [9.17, 15) is 49.5 Å². The predicted molar refractivity (Wildman–Crippen MR) is 169 cm³/mol. The Labute approximate surface area is 268 Å². The number of hydrogen-bond donors (Lipinski definition) is 7. The molecule has 15 nitrogen and oxygen atoms in total. The summed E-state index contributed by atoms with van der Waals surface area (Å²) in [5.41, 5.74) is 2.92. The molecule has 2 aromatic carbocycles. The lowest BCUT2D eigenvalue weighted by atomic mass is 10.0. The van der Waals surface area contributed by atoms with Gasteiger partial charge < -0.3 is 35.5 Å². The molecule has 2 unspecified atom stereocenters. The van der Waals surface area contributed by atoms with Gasteiger partial charge >= 0.3 is 29.8 Å². The van der Waals surface area contributed by atoms with E-state index in [1.165, 1.54) is 14.7 Å². The highest BCUT2D eigenvalue weighted by molar-refractivity contribution is 5.85. The predicted octanol–water partition coefficient (Wildman–Crippen LogP) is 1.50. The van der Waals surface area contributed by atoms with E-state index in [1.54, 1.807) is 24.5 Å². The minimum Gasteiger partial charge on any atom is -0.480 e. The van der Waals surface area contributed by atoms with Crippen molar-refractivity contribution in [3.8, 4) is 0 Å². The van der Waals surface area contributed by atoms with E-state index in [-0.39, 0.29) is 39.0 Å². The molecule has 0 aliphatic rings. The van der Waals surface area contributed by atoms with E-state index in [1.807, 2.05) is 36.4 Å². The first-order valence-electron chi connectivity index (χ1n) is 14.8. The van der Waals surface area contributed by atoms with Crippen LogP contribution in [-0.4, -0.2) is 138 Å². The number of carbonyl (C=O) groups is 5. The number of rotatable bonds is 20. The Bertz CT molecular complexity index is 1620. The number of para-hydroxylation sites is 2. The van der Waals surface area contributed by atoms with Gasteiger partial charge in [0.05, 0.1) is 19.6 Å². The molecular weight excluding hydrogens is 614 g/mol. The van der Waals surface area contributed by atoms with Crippen molar-refractivity contribution in [2.45, 2.75) is 24.9 Å². The van der Waals surface area contributed by atoms with Gasteiger partial charge in [-0.15, -0.1) is 0 Å². The molecule has 0 amide bonds. The Balaban J connectivity index is 1.51. The van der Waals surface area contributed by atoms with Crippen molar-refractivity contribution in [2.75, 3.05) is 45.8 Å². The van der Waals surface area contributed by atoms with Crippen molar-refractivity contribution in [1.82, 2.24) is 24.7 Å². The maximum absolute atomic E-state index is 12.4. The molecule has 47 heavy (non-hydrogen) atoms. The van der Waals surface area contributed by atoms with Gasteiger partial charge in [-0.1, -0.05) is 36.4 Å². The van der Waals surface area contributed by atoms with Crippen molar-refractivity contribution in [3.05, 3.63) is 72.1 Å². The second-order valence-electron chi connectivity index (χ2n) is 11.2. The fraction of sp³-hybridized carbons (Fsp3) is 0.344. The molecule has 0 radical (unpaired) electrons. The second kappa shape index (κ2) is 15.8. The molecule has 2 heterocycles. The van der Waals surface area contributed by atoms with Crippen molar-refractivity contribution in [3.63, 3.8) is 0 Å². The van der Waals surface area contributed by atoms with Gasteiger partial charge in [0.2, 0.25) is 0 Å². The fourth-order valence-electron chi connectivity index (χ4n) is 5.80. The Kier molecular flexibility index (Phi) is 11.7. The first kappa shape index (κ1) is 34.6. The quantitative estimate of drug-likeness (QED) is 0.0720. The van der Waals surface area contributed by atoms with Gasteiger partial charge in [-0.3, -0.25) is 38.7 Å². The van der Waals surface area contributed by atoms with E-state index < -0.39 is 61.6 Å². The summed E-state index contributed by atoms with van der Waals surface area (Å²) >= 11 is 0. The maximum Gasteiger partial charge on any atom is 0.321 e. The molecule has 15 heteroatoms. The Morgan fingerprint density at radius 2 is 0.936 bits per heavy atom. The zero-order valence-electron chi connectivity index (χ0n) is 25.4. The molecule has 0 fully saturated rings. The molecule has 0 bridgehead atoms. The fourth-order valence-corrected chi connectivity index (χ4v) is 5.80. The number of aromatic amines is 2. The second-order valence-corrected chi connectivity index (χ2v) is 11.2. The van der Waals surface area contributed by atoms with Crippen LogP contribution in [0.3, 0.4) is 0 Å². The third-order valence-electron chi connectivity index (χ3n) is 8.07. The van der Waals surface area contributed by atoms with Crippen molar-refractivity contribution in [1.29, 1.82) is 0 Å². The largest absolute Gasteiger partial charge is 0.480 e. The van der Waals surface area contributed by atoms with Gasteiger partial charge in [-0.25, -0.2) is 0 Å². The first-order chi connectivity index (χ1) is 22.4. The van der Waals surface area contributed by atoms with Crippen LogP contribution >= 0.6 is 0 Å². The molecule has 4 aromatic rings. The Hall–Kier alpha value is -5.25. The molecule has 7 N–H and O–H groups in total. The molecule has 0 aliphatic heterocycles. The van der Waals surface area contributed by atoms with Crippen LogP contribution in [0, 0.1) is 0 Å². The molecule has 250 valence electrons. The van der Waals surface area contributed by atoms with Crippen molar-refractivity contribution < 1.29 is 49.5 Å². The lowest BCUT2D eigenvalue weighted by Gasteiger charge is -2.32. The maximum atomic E-state index is 12.4. The smallest absolute Gasteiger partial charge is 0.321 e. The molecule has 0 saturated heterocycles. The highest BCUT2D eigenvalue weighted by Crippen LogP contribution is 2.22. The van der Waals surface area contributed by atoms with Crippen LogP contribution in [0.25, 0.3) is 21.8 Å². The summed E-state index contributed by atoms with van der Waals surface area (Å²) in [5, 5.41) is 50.6. The average molecular weight is 652 g/mol. The van der Waals surface area contributed by atoms with Gasteiger partial charge in [-0.2, -0.15) is 0 Å². The number of fused-ring (bicyclic) bond motifs is 2. The number of hydrogen-bond acceptors (Lipinski definition) is 8. The van der Waals surface area contributed by atoms with Gasteiger partial charge in [-0.05, 0) is 23.3 Å². The number of carboxylic acids is 5. The van der Waals surface area contributed by atoms with Gasteiger partial charge in [0.1, 0.15) is 12.1 Å². The zero-order valence-corrected chi connectivity index (χ0v) is 25.4. The van der Waals surface area contributed by atoms with E-state index in [2.05, 4.69) is 9.97 Å². The monoisotopic (exact) mass is 651 g/mol. The van der Waals surface area contributed by atoms with Crippen LogP contribution in [0.2, 0.25) is 0 Å². The van der Waals surface area contributed by atoms with E-state index in [0.29, 0.717) is 11.1 Å². The highest BCUT2D eigenvalue weighted by Gasteiger charge is 2.31. The van der Waals surface area contributed by atoms with Crippen LogP contribution < -0.4 is 0 Å². The molecule has 0 aliphatic carbocycles. The molecule has 4 rings (SSSR count). The van der Waals surface area contributed by atoms with E-state index >= 15 is 0 Å². The summed E-state index contributed by atoms with van der Waals surface area (Å²) in [5.74, 6) is -6.27. The summed E-state index contributed by atoms with van der Waals surface area (Å²) in [6.45, 7) is -2.24. The Morgan fingerprint density at radius 1 is 0.553 bits per heavy atom. The third-order valence-corrected chi connectivity index (χ3v) is 8.07. The van der Waals surface area contributed by atoms with Crippen molar-refractivity contribution >= 4 is 51.7 Å². The zero-order chi connectivity index (χ0) is 34.1. The standard InChI is InChI=1S/C32H37N5O10/c38-28(39)17-35(9-11-36(18-29(40)41)26(31(44)45)13-20-15-33-24-7-3-1-5-22(20)24)10-12-37(19-30(42)43)27(32(46)47)14-21-16-34-25-8-4-2-6-23(21)25/h1-8,15-16,26-27,33-34H,9-14,17-19H2,(H,38,39)(H,40,41)(H,42,43)(H,44,45)(H,46,47). The number of carboxylic acid groups (broad SMARTS) is 5. The molecule has 0 spiro atoms. The van der Waals surface area contributed by atoms with Crippen LogP contribution in [0.5, 0.6) is 0 Å². The lowest BCUT2D eigenvalue weighted by Crippen LogP contribution is -2.51. The highest BCUT2D eigenvalue weighted by atomic mass is 16.4. The lowest BCUT2D eigenvalue weighted by molar-refractivity contribution is -0.147. The number of H-pyrrole nitrogens is 2. The van der Waals surface area contributed by atoms with Crippen molar-refractivity contribution in [2.24, 2.45) is 0 Å². The summed E-state index contributed by atoms with van der Waals surface area (Å²) in [6, 6.07) is 12.0. The van der Waals surface area contributed by atoms with Gasteiger partial charge in [0.25, 0.3) is 0 Å². The van der Waals surface area contributed by atoms with Gasteiger partial charge in [0, 0.05) is 73.2 Å². The summed E-state index contributed by atoms with van der Waals surface area (Å²) in [7, 11) is 0. The minimum absolute atomic E-state index is 0.0218. The number of nitrogens with zero attached hydrogens (tertiary/aromatic N) is 3. The minimum atomic E-state index is -1.27. The number of nitrogens with one attached hydrogen (secondary N) is 2. The van der Waals surface area contributed by atoms with Crippen LogP contribution in [0.15, 0.2) is 60.9 Å². The van der Waals surface area contributed by atoms with Crippen LogP contribution in [0.4, 0.5) is 0 Å². The van der Waals surface area contributed by atoms with Gasteiger partial charge in [0.15, 0.2) is 0 Å². The summed E-state index contributed by atoms with van der Waals surface area (Å²) in [4.78, 5) is 70.2. The molecule has 2 atom stereocenters. The summed E-state index contributed by atoms with van der Waals surface area (Å²) in [6.07, 6.45) is 3.29. The van der Waals surface area contributed by atoms with Crippen LogP contribution in [-0.2, 0) is 36.8 Å². The SMILES string of the molecule is O=C(O)CN(CCN(CC(=O)O)C(Cc1c[nH]c2ccccc12)C(=O)O)CCN(CC(=O)O)C(Cc1c[nH]c2ccccc12)C(=O)O. The number of aromatic nitrogens is 2.